The molecular formula is C25H23ClN2O2. The van der Waals surface area contributed by atoms with E-state index in [9.17, 15) is 9.59 Å². The van der Waals surface area contributed by atoms with Gasteiger partial charge in [0.15, 0.2) is 0 Å². The standard InChI is InChI=1S/C25H23ClN2O2/c26-22-12-10-21(11-13-22)25(30)28-16-14-23(15-17-28)27-24(29)20-8-6-19(7-9-20)18-4-2-1-3-5-18/h1-13,23H,14-17H2,(H,27,29). The van der Waals surface area contributed by atoms with Crippen LogP contribution in [0.15, 0.2) is 78.9 Å². The van der Waals surface area contributed by atoms with Crippen LogP contribution < -0.4 is 5.32 Å². The number of amides is 2. The first-order valence-electron chi connectivity index (χ1n) is 10.1. The molecule has 1 heterocycles. The van der Waals surface area contributed by atoms with E-state index >= 15 is 0 Å². The van der Waals surface area contributed by atoms with Gasteiger partial charge in [0.05, 0.1) is 0 Å². The first kappa shape index (κ1) is 20.2. The van der Waals surface area contributed by atoms with Crippen LogP contribution in [0.25, 0.3) is 11.1 Å². The Morgan fingerprint density at radius 2 is 1.33 bits per heavy atom. The van der Waals surface area contributed by atoms with Crippen molar-refractivity contribution in [1.29, 1.82) is 0 Å². The average molecular weight is 419 g/mol. The van der Waals surface area contributed by atoms with Crippen molar-refractivity contribution in [1.82, 2.24) is 10.2 Å². The second-order valence-electron chi connectivity index (χ2n) is 7.49. The molecule has 1 aliphatic heterocycles. The quantitative estimate of drug-likeness (QED) is 0.645. The Kier molecular flexibility index (Phi) is 6.15. The Morgan fingerprint density at radius 3 is 1.97 bits per heavy atom. The molecule has 4 nitrogen and oxygen atoms in total. The summed E-state index contributed by atoms with van der Waals surface area (Å²) >= 11 is 5.89. The molecule has 1 aliphatic rings. The molecule has 1 saturated heterocycles. The number of likely N-dealkylation sites (tertiary alicyclic amines) is 1. The average Bonchev–Trinajstić information content (AvgIpc) is 2.80. The summed E-state index contributed by atoms with van der Waals surface area (Å²) in [6.45, 7) is 1.25. The minimum atomic E-state index is -0.0721. The minimum absolute atomic E-state index is 0.00736. The normalized spacial score (nSPS) is 14.4. The van der Waals surface area contributed by atoms with Gasteiger partial charge < -0.3 is 10.2 Å². The summed E-state index contributed by atoms with van der Waals surface area (Å²) in [5, 5.41) is 3.72. The maximum absolute atomic E-state index is 12.6. The molecule has 1 fully saturated rings. The molecule has 0 spiro atoms. The van der Waals surface area contributed by atoms with Gasteiger partial charge in [0.1, 0.15) is 0 Å². The highest BCUT2D eigenvalue weighted by Crippen LogP contribution is 2.20. The zero-order valence-electron chi connectivity index (χ0n) is 16.6. The van der Waals surface area contributed by atoms with Gasteiger partial charge in [-0.1, -0.05) is 54.1 Å². The molecule has 0 radical (unpaired) electrons. The lowest BCUT2D eigenvalue weighted by Crippen LogP contribution is -2.46. The van der Waals surface area contributed by atoms with Crippen LogP contribution in [0.5, 0.6) is 0 Å². The van der Waals surface area contributed by atoms with Gasteiger partial charge in [-0.3, -0.25) is 9.59 Å². The molecule has 3 aromatic carbocycles. The molecular weight excluding hydrogens is 396 g/mol. The summed E-state index contributed by atoms with van der Waals surface area (Å²) in [4.78, 5) is 27.1. The molecule has 0 aliphatic carbocycles. The van der Waals surface area contributed by atoms with Crippen molar-refractivity contribution < 1.29 is 9.59 Å². The lowest BCUT2D eigenvalue weighted by Gasteiger charge is -2.32. The number of nitrogens with one attached hydrogen (secondary N) is 1. The molecule has 1 N–H and O–H groups in total. The third-order valence-electron chi connectivity index (χ3n) is 5.46. The number of carbonyl (C=O) groups is 2. The van der Waals surface area contributed by atoms with E-state index in [0.29, 0.717) is 29.2 Å². The Balaban J connectivity index is 1.31. The predicted molar refractivity (Wildman–Crippen MR) is 120 cm³/mol. The zero-order chi connectivity index (χ0) is 20.9. The summed E-state index contributed by atoms with van der Waals surface area (Å²) < 4.78 is 0. The number of hydrogen-bond acceptors (Lipinski definition) is 2. The molecule has 4 rings (SSSR count). The smallest absolute Gasteiger partial charge is 0.253 e. The van der Waals surface area contributed by atoms with Crippen LogP contribution in [-0.2, 0) is 0 Å². The van der Waals surface area contributed by atoms with Crippen LogP contribution >= 0.6 is 11.6 Å². The molecule has 0 aromatic heterocycles. The lowest BCUT2D eigenvalue weighted by atomic mass is 10.0. The minimum Gasteiger partial charge on any atom is -0.349 e. The molecule has 152 valence electrons. The second kappa shape index (κ2) is 9.14. The second-order valence-corrected chi connectivity index (χ2v) is 7.93. The number of halogens is 1. The largest absolute Gasteiger partial charge is 0.349 e. The van der Waals surface area contributed by atoms with Crippen molar-refractivity contribution in [3.63, 3.8) is 0 Å². The fraction of sp³-hybridized carbons (Fsp3) is 0.200. The lowest BCUT2D eigenvalue weighted by molar-refractivity contribution is 0.0698. The zero-order valence-corrected chi connectivity index (χ0v) is 17.3. The van der Waals surface area contributed by atoms with Gasteiger partial charge in [0.2, 0.25) is 0 Å². The van der Waals surface area contributed by atoms with Gasteiger partial charge in [-0.15, -0.1) is 0 Å². The van der Waals surface area contributed by atoms with E-state index in [2.05, 4.69) is 5.32 Å². The number of rotatable bonds is 4. The van der Waals surface area contributed by atoms with Crippen molar-refractivity contribution in [2.75, 3.05) is 13.1 Å². The van der Waals surface area contributed by atoms with E-state index in [4.69, 9.17) is 11.6 Å². The highest BCUT2D eigenvalue weighted by Gasteiger charge is 2.24. The third kappa shape index (κ3) is 4.71. The SMILES string of the molecule is O=C(NC1CCN(C(=O)c2ccc(Cl)cc2)CC1)c1ccc(-c2ccccc2)cc1. The molecule has 0 bridgehead atoms. The molecule has 2 amide bonds. The maximum atomic E-state index is 12.6. The fourth-order valence-corrected chi connectivity index (χ4v) is 3.84. The van der Waals surface area contributed by atoms with E-state index in [-0.39, 0.29) is 17.9 Å². The van der Waals surface area contributed by atoms with Crippen LogP contribution in [0.2, 0.25) is 5.02 Å². The first-order valence-corrected chi connectivity index (χ1v) is 10.5. The van der Waals surface area contributed by atoms with E-state index in [1.54, 1.807) is 24.3 Å². The van der Waals surface area contributed by atoms with Crippen molar-refractivity contribution in [2.24, 2.45) is 0 Å². The van der Waals surface area contributed by atoms with Gasteiger partial charge in [0, 0.05) is 35.3 Å². The number of hydrogen-bond donors (Lipinski definition) is 1. The summed E-state index contributed by atoms with van der Waals surface area (Å²) in [6.07, 6.45) is 1.49. The number of piperidine rings is 1. The number of benzene rings is 3. The fourth-order valence-electron chi connectivity index (χ4n) is 3.72. The van der Waals surface area contributed by atoms with E-state index in [1.807, 2.05) is 59.5 Å². The Morgan fingerprint density at radius 1 is 0.767 bits per heavy atom. The predicted octanol–water partition coefficient (Wildman–Crippen LogP) is 5.04. The van der Waals surface area contributed by atoms with Gasteiger partial charge in [-0.25, -0.2) is 0 Å². The third-order valence-corrected chi connectivity index (χ3v) is 5.71. The van der Waals surface area contributed by atoms with Crippen molar-refractivity contribution >= 4 is 23.4 Å². The van der Waals surface area contributed by atoms with E-state index in [0.717, 1.165) is 24.0 Å². The highest BCUT2D eigenvalue weighted by molar-refractivity contribution is 6.30. The Bertz CT molecular complexity index is 1010. The Labute approximate surface area is 181 Å². The van der Waals surface area contributed by atoms with Gasteiger partial charge in [-0.05, 0) is 60.4 Å². The first-order chi connectivity index (χ1) is 14.6. The summed E-state index contributed by atoms with van der Waals surface area (Å²) in [5.41, 5.74) is 3.50. The summed E-state index contributed by atoms with van der Waals surface area (Å²) in [5.74, 6) is -0.0648. The summed E-state index contributed by atoms with van der Waals surface area (Å²) in [6, 6.07) is 24.8. The van der Waals surface area contributed by atoms with Crippen LogP contribution in [0.1, 0.15) is 33.6 Å². The summed E-state index contributed by atoms with van der Waals surface area (Å²) in [7, 11) is 0. The molecule has 3 aromatic rings. The molecule has 0 unspecified atom stereocenters. The van der Waals surface area contributed by atoms with E-state index < -0.39 is 0 Å². The molecule has 5 heteroatoms. The monoisotopic (exact) mass is 418 g/mol. The van der Waals surface area contributed by atoms with Gasteiger partial charge in [0.25, 0.3) is 11.8 Å². The van der Waals surface area contributed by atoms with E-state index in [1.165, 1.54) is 0 Å². The Hall–Kier alpha value is -3.11. The van der Waals surface area contributed by atoms with Crippen molar-refractivity contribution in [3.05, 3.63) is 95.0 Å². The number of nitrogens with zero attached hydrogens (tertiary/aromatic N) is 1. The molecule has 30 heavy (non-hydrogen) atoms. The molecule has 0 saturated carbocycles. The topological polar surface area (TPSA) is 49.4 Å². The van der Waals surface area contributed by atoms with Gasteiger partial charge in [-0.2, -0.15) is 0 Å². The molecule has 0 atom stereocenters. The van der Waals surface area contributed by atoms with Crippen LogP contribution in [0.3, 0.4) is 0 Å². The van der Waals surface area contributed by atoms with Crippen LogP contribution in [-0.4, -0.2) is 35.8 Å². The highest BCUT2D eigenvalue weighted by atomic mass is 35.5. The van der Waals surface area contributed by atoms with Crippen LogP contribution in [0, 0.1) is 0 Å². The van der Waals surface area contributed by atoms with Crippen molar-refractivity contribution in [3.8, 4) is 11.1 Å². The maximum Gasteiger partial charge on any atom is 0.253 e. The van der Waals surface area contributed by atoms with Gasteiger partial charge >= 0.3 is 0 Å². The van der Waals surface area contributed by atoms with Crippen molar-refractivity contribution in [2.45, 2.75) is 18.9 Å². The van der Waals surface area contributed by atoms with Crippen LogP contribution in [0.4, 0.5) is 0 Å². The number of carbonyl (C=O) groups excluding carboxylic acids is 2.